The SMILES string of the molecule is Cc1ccc(Oc2cc(C#N)c3ccccc3n2)cc1C. The molecule has 0 bridgehead atoms. The molecule has 0 aliphatic carbocycles. The fourth-order valence-electron chi connectivity index (χ4n) is 2.19. The van der Waals surface area contributed by atoms with Crippen LogP contribution in [0.1, 0.15) is 16.7 Å². The van der Waals surface area contributed by atoms with Gasteiger partial charge >= 0.3 is 0 Å². The molecule has 0 saturated heterocycles. The Morgan fingerprint density at radius 1 is 1.00 bits per heavy atom. The maximum absolute atomic E-state index is 9.27. The van der Waals surface area contributed by atoms with Crippen molar-refractivity contribution in [3.63, 3.8) is 0 Å². The maximum atomic E-state index is 9.27. The van der Waals surface area contributed by atoms with Crippen molar-refractivity contribution in [1.29, 1.82) is 5.26 Å². The highest BCUT2D eigenvalue weighted by Crippen LogP contribution is 2.26. The smallest absolute Gasteiger partial charge is 0.221 e. The monoisotopic (exact) mass is 274 g/mol. The third-order valence-electron chi connectivity index (χ3n) is 3.51. The Labute approximate surface area is 123 Å². The molecule has 102 valence electrons. The molecule has 0 N–H and O–H groups in total. The summed E-state index contributed by atoms with van der Waals surface area (Å²) >= 11 is 0. The van der Waals surface area contributed by atoms with Gasteiger partial charge in [-0.05, 0) is 43.2 Å². The summed E-state index contributed by atoms with van der Waals surface area (Å²) < 4.78 is 5.80. The number of fused-ring (bicyclic) bond motifs is 1. The average Bonchev–Trinajstić information content (AvgIpc) is 2.50. The van der Waals surface area contributed by atoms with Crippen LogP contribution in [0.4, 0.5) is 0 Å². The van der Waals surface area contributed by atoms with E-state index in [1.807, 2.05) is 49.4 Å². The molecular weight excluding hydrogens is 260 g/mol. The molecule has 1 aromatic heterocycles. The number of hydrogen-bond donors (Lipinski definition) is 0. The van der Waals surface area contributed by atoms with Gasteiger partial charge in [-0.3, -0.25) is 0 Å². The number of ether oxygens (including phenoxy) is 1. The van der Waals surface area contributed by atoms with Crippen molar-refractivity contribution in [3.8, 4) is 17.7 Å². The van der Waals surface area contributed by atoms with Gasteiger partial charge in [0.1, 0.15) is 11.8 Å². The molecular formula is C18H14N2O. The van der Waals surface area contributed by atoms with Gasteiger partial charge < -0.3 is 4.74 Å². The zero-order valence-electron chi connectivity index (χ0n) is 11.9. The molecule has 0 spiro atoms. The van der Waals surface area contributed by atoms with Crippen molar-refractivity contribution in [2.45, 2.75) is 13.8 Å². The maximum Gasteiger partial charge on any atom is 0.221 e. The van der Waals surface area contributed by atoms with Gasteiger partial charge in [0, 0.05) is 11.5 Å². The van der Waals surface area contributed by atoms with Crippen molar-refractivity contribution in [1.82, 2.24) is 4.98 Å². The van der Waals surface area contributed by atoms with E-state index in [-0.39, 0.29) is 0 Å². The topological polar surface area (TPSA) is 45.9 Å². The second-order valence-corrected chi connectivity index (χ2v) is 4.99. The van der Waals surface area contributed by atoms with Crippen LogP contribution in [0, 0.1) is 25.2 Å². The van der Waals surface area contributed by atoms with E-state index in [4.69, 9.17) is 4.74 Å². The minimum atomic E-state index is 0.438. The van der Waals surface area contributed by atoms with Crippen LogP contribution in [0.2, 0.25) is 0 Å². The molecule has 0 amide bonds. The van der Waals surface area contributed by atoms with Crippen LogP contribution in [0.15, 0.2) is 48.5 Å². The van der Waals surface area contributed by atoms with E-state index >= 15 is 0 Å². The van der Waals surface area contributed by atoms with Gasteiger partial charge in [0.05, 0.1) is 11.1 Å². The third-order valence-corrected chi connectivity index (χ3v) is 3.51. The number of rotatable bonds is 2. The van der Waals surface area contributed by atoms with Crippen molar-refractivity contribution >= 4 is 10.9 Å². The van der Waals surface area contributed by atoms with Crippen LogP contribution in [0.25, 0.3) is 10.9 Å². The second-order valence-electron chi connectivity index (χ2n) is 4.99. The standard InChI is InChI=1S/C18H14N2O/c1-12-7-8-15(9-13(12)2)21-18-10-14(11-19)16-5-3-4-6-17(16)20-18/h3-10H,1-2H3. The Balaban J connectivity index is 2.04. The number of aryl methyl sites for hydroxylation is 2. The molecule has 0 aliphatic rings. The van der Waals surface area contributed by atoms with Crippen LogP contribution >= 0.6 is 0 Å². The second kappa shape index (κ2) is 5.26. The Kier molecular flexibility index (Phi) is 3.29. The fourth-order valence-corrected chi connectivity index (χ4v) is 2.19. The summed E-state index contributed by atoms with van der Waals surface area (Å²) in [5, 5.41) is 10.1. The number of nitriles is 1. The zero-order chi connectivity index (χ0) is 14.8. The molecule has 1 heterocycles. The van der Waals surface area contributed by atoms with Gasteiger partial charge in [-0.2, -0.15) is 5.26 Å². The number of aromatic nitrogens is 1. The Bertz CT molecular complexity index is 863. The van der Waals surface area contributed by atoms with Crippen LogP contribution in [0.5, 0.6) is 11.6 Å². The molecule has 0 atom stereocenters. The highest BCUT2D eigenvalue weighted by molar-refractivity contribution is 5.85. The van der Waals surface area contributed by atoms with Gasteiger partial charge in [-0.25, -0.2) is 4.98 Å². The van der Waals surface area contributed by atoms with Gasteiger partial charge in [0.15, 0.2) is 0 Å². The predicted octanol–water partition coefficient (Wildman–Crippen LogP) is 4.52. The number of pyridine rings is 1. The van der Waals surface area contributed by atoms with Gasteiger partial charge in [0.2, 0.25) is 5.88 Å². The highest BCUT2D eigenvalue weighted by atomic mass is 16.5. The first-order chi connectivity index (χ1) is 10.2. The van der Waals surface area contributed by atoms with Crippen LogP contribution < -0.4 is 4.74 Å². The largest absolute Gasteiger partial charge is 0.439 e. The lowest BCUT2D eigenvalue weighted by atomic mass is 10.1. The number of nitrogens with zero attached hydrogens (tertiary/aromatic N) is 2. The summed E-state index contributed by atoms with van der Waals surface area (Å²) in [6.07, 6.45) is 0. The first kappa shape index (κ1) is 13.1. The van der Waals surface area contributed by atoms with Crippen molar-refractivity contribution in [2.24, 2.45) is 0 Å². The van der Waals surface area contributed by atoms with E-state index in [0.29, 0.717) is 11.4 Å². The summed E-state index contributed by atoms with van der Waals surface area (Å²) in [7, 11) is 0. The predicted molar refractivity (Wildman–Crippen MR) is 82.4 cm³/mol. The Morgan fingerprint density at radius 2 is 1.81 bits per heavy atom. The average molecular weight is 274 g/mol. The molecule has 2 aromatic carbocycles. The summed E-state index contributed by atoms with van der Waals surface area (Å²) in [5.41, 5.74) is 3.70. The van der Waals surface area contributed by atoms with E-state index in [1.165, 1.54) is 5.56 Å². The van der Waals surface area contributed by atoms with Gasteiger partial charge in [0.25, 0.3) is 0 Å². The summed E-state index contributed by atoms with van der Waals surface area (Å²) in [4.78, 5) is 4.46. The lowest BCUT2D eigenvalue weighted by molar-refractivity contribution is 0.464. The van der Waals surface area contributed by atoms with Crippen molar-refractivity contribution in [3.05, 3.63) is 65.2 Å². The third kappa shape index (κ3) is 2.56. The first-order valence-corrected chi connectivity index (χ1v) is 6.72. The molecule has 3 heteroatoms. The highest BCUT2D eigenvalue weighted by Gasteiger charge is 2.07. The fraction of sp³-hybridized carbons (Fsp3) is 0.111. The van der Waals surface area contributed by atoms with Gasteiger partial charge in [-0.1, -0.05) is 24.3 Å². The van der Waals surface area contributed by atoms with Crippen LogP contribution in [0.3, 0.4) is 0 Å². The zero-order valence-corrected chi connectivity index (χ0v) is 11.9. The molecule has 0 fully saturated rings. The van der Waals surface area contributed by atoms with Crippen LogP contribution in [-0.2, 0) is 0 Å². The van der Waals surface area contributed by atoms with Crippen molar-refractivity contribution < 1.29 is 4.74 Å². The quantitative estimate of drug-likeness (QED) is 0.690. The minimum absolute atomic E-state index is 0.438. The Morgan fingerprint density at radius 3 is 2.57 bits per heavy atom. The van der Waals surface area contributed by atoms with Gasteiger partial charge in [-0.15, -0.1) is 0 Å². The molecule has 3 rings (SSSR count). The van der Waals surface area contributed by atoms with E-state index in [1.54, 1.807) is 6.07 Å². The van der Waals surface area contributed by atoms with E-state index in [2.05, 4.69) is 18.0 Å². The number of hydrogen-bond acceptors (Lipinski definition) is 3. The minimum Gasteiger partial charge on any atom is -0.439 e. The lowest BCUT2D eigenvalue weighted by Gasteiger charge is -2.09. The van der Waals surface area contributed by atoms with E-state index < -0.39 is 0 Å². The first-order valence-electron chi connectivity index (χ1n) is 6.72. The van der Waals surface area contributed by atoms with E-state index in [9.17, 15) is 5.26 Å². The number of benzene rings is 2. The number of para-hydroxylation sites is 1. The molecule has 21 heavy (non-hydrogen) atoms. The van der Waals surface area contributed by atoms with Crippen molar-refractivity contribution in [2.75, 3.05) is 0 Å². The lowest BCUT2D eigenvalue weighted by Crippen LogP contribution is -1.92. The summed E-state index contributed by atoms with van der Waals surface area (Å²) in [6.45, 7) is 4.10. The Hall–Kier alpha value is -2.86. The summed E-state index contributed by atoms with van der Waals surface area (Å²) in [5.74, 6) is 1.17. The van der Waals surface area contributed by atoms with E-state index in [0.717, 1.165) is 22.2 Å². The molecule has 0 radical (unpaired) electrons. The normalized spacial score (nSPS) is 10.3. The molecule has 3 aromatic rings. The molecule has 3 nitrogen and oxygen atoms in total. The summed E-state index contributed by atoms with van der Waals surface area (Å²) in [6, 6.07) is 17.3. The molecule has 0 unspecified atom stereocenters. The molecule has 0 saturated carbocycles. The molecule has 0 aliphatic heterocycles. The van der Waals surface area contributed by atoms with Crippen LogP contribution in [-0.4, -0.2) is 4.98 Å².